The third-order valence-corrected chi connectivity index (χ3v) is 1.72. The van der Waals surface area contributed by atoms with E-state index in [4.69, 9.17) is 4.42 Å². The molecule has 0 aliphatic carbocycles. The Hall–Kier alpha value is -0.830. The van der Waals surface area contributed by atoms with Crippen LogP contribution in [0.15, 0.2) is 17.0 Å². The first-order valence-electron chi connectivity index (χ1n) is 3.93. The normalized spacial score (nSPS) is 13.3. The van der Waals surface area contributed by atoms with Crippen LogP contribution in [0.5, 0.6) is 0 Å². The quantitative estimate of drug-likeness (QED) is 0.715. The average Bonchev–Trinajstić information content (AvgIpc) is 2.52. The van der Waals surface area contributed by atoms with Crippen molar-refractivity contribution in [1.82, 2.24) is 10.3 Å². The summed E-state index contributed by atoms with van der Waals surface area (Å²) in [5, 5.41) is 3.30. The van der Waals surface area contributed by atoms with Gasteiger partial charge in [0.2, 0.25) is 0 Å². The van der Waals surface area contributed by atoms with Crippen LogP contribution in [0.3, 0.4) is 0 Å². The fraction of sp³-hybridized carbons (Fsp3) is 0.625. The number of rotatable bonds is 4. The lowest BCUT2D eigenvalue weighted by molar-refractivity contribution is 0.448. The molecular weight excluding hydrogens is 140 g/mol. The molecule has 0 radical (unpaired) electrons. The Morgan fingerprint density at radius 2 is 2.55 bits per heavy atom. The summed E-state index contributed by atoms with van der Waals surface area (Å²) in [6.45, 7) is 5.07. The fourth-order valence-corrected chi connectivity index (χ4v) is 0.749. The standard InChI is InChI=1S/C8H14N2O/c1-3-7(2)10-5-8-4-9-6-11-8/h4,6-7,10H,3,5H2,1-2H3. The zero-order valence-corrected chi connectivity index (χ0v) is 7.00. The van der Waals surface area contributed by atoms with E-state index in [2.05, 4.69) is 24.1 Å². The molecule has 1 aromatic rings. The van der Waals surface area contributed by atoms with Gasteiger partial charge in [0.15, 0.2) is 6.39 Å². The van der Waals surface area contributed by atoms with Crippen LogP contribution in [0.25, 0.3) is 0 Å². The highest BCUT2D eigenvalue weighted by molar-refractivity contribution is 4.87. The van der Waals surface area contributed by atoms with Crippen LogP contribution >= 0.6 is 0 Å². The van der Waals surface area contributed by atoms with E-state index >= 15 is 0 Å². The maximum atomic E-state index is 5.05. The molecule has 3 nitrogen and oxygen atoms in total. The molecular formula is C8H14N2O. The number of hydrogen-bond donors (Lipinski definition) is 1. The van der Waals surface area contributed by atoms with Crippen LogP contribution in [0, 0.1) is 0 Å². The van der Waals surface area contributed by atoms with Crippen molar-refractivity contribution in [1.29, 1.82) is 0 Å². The molecule has 1 atom stereocenters. The van der Waals surface area contributed by atoms with Crippen LogP contribution in [0.2, 0.25) is 0 Å². The van der Waals surface area contributed by atoms with E-state index in [1.807, 2.05) is 0 Å². The van der Waals surface area contributed by atoms with Crippen molar-refractivity contribution in [3.8, 4) is 0 Å². The number of oxazole rings is 1. The zero-order valence-electron chi connectivity index (χ0n) is 7.00. The van der Waals surface area contributed by atoms with Gasteiger partial charge in [-0.25, -0.2) is 4.98 Å². The summed E-state index contributed by atoms with van der Waals surface area (Å²) in [7, 11) is 0. The SMILES string of the molecule is CCC(C)NCc1cnco1. The van der Waals surface area contributed by atoms with Crippen LogP contribution in [0.4, 0.5) is 0 Å². The number of nitrogens with one attached hydrogen (secondary N) is 1. The maximum absolute atomic E-state index is 5.05. The molecule has 0 aliphatic rings. The summed E-state index contributed by atoms with van der Waals surface area (Å²) in [4.78, 5) is 3.82. The Morgan fingerprint density at radius 1 is 1.73 bits per heavy atom. The van der Waals surface area contributed by atoms with Crippen LogP contribution in [-0.2, 0) is 6.54 Å². The Kier molecular flexibility index (Phi) is 3.11. The summed E-state index contributed by atoms with van der Waals surface area (Å²) < 4.78 is 5.05. The molecule has 62 valence electrons. The van der Waals surface area contributed by atoms with Gasteiger partial charge >= 0.3 is 0 Å². The molecule has 1 N–H and O–H groups in total. The molecule has 11 heavy (non-hydrogen) atoms. The van der Waals surface area contributed by atoms with Gasteiger partial charge in [-0.05, 0) is 13.3 Å². The lowest BCUT2D eigenvalue weighted by Crippen LogP contribution is -2.24. The number of nitrogens with zero attached hydrogens (tertiary/aromatic N) is 1. The molecule has 0 fully saturated rings. The second-order valence-electron chi connectivity index (χ2n) is 2.66. The molecule has 0 aliphatic heterocycles. The fourth-order valence-electron chi connectivity index (χ4n) is 0.749. The molecule has 1 aromatic heterocycles. The molecule has 0 bridgehead atoms. The van der Waals surface area contributed by atoms with Gasteiger partial charge in [-0.2, -0.15) is 0 Å². The van der Waals surface area contributed by atoms with E-state index in [1.54, 1.807) is 6.20 Å². The third-order valence-electron chi connectivity index (χ3n) is 1.72. The Labute approximate surface area is 66.8 Å². The van der Waals surface area contributed by atoms with Gasteiger partial charge in [-0.1, -0.05) is 6.92 Å². The van der Waals surface area contributed by atoms with Crippen LogP contribution < -0.4 is 5.32 Å². The minimum atomic E-state index is 0.542. The van der Waals surface area contributed by atoms with Gasteiger partial charge in [0.25, 0.3) is 0 Å². The van der Waals surface area contributed by atoms with Crippen molar-refractivity contribution in [3.05, 3.63) is 18.4 Å². The van der Waals surface area contributed by atoms with Gasteiger partial charge in [0, 0.05) is 6.04 Å². The second kappa shape index (κ2) is 4.13. The van der Waals surface area contributed by atoms with E-state index in [1.165, 1.54) is 6.39 Å². The molecule has 1 rings (SSSR count). The lowest BCUT2D eigenvalue weighted by atomic mass is 10.2. The smallest absolute Gasteiger partial charge is 0.180 e. The summed E-state index contributed by atoms with van der Waals surface area (Å²) >= 11 is 0. The monoisotopic (exact) mass is 154 g/mol. The Morgan fingerprint density at radius 3 is 3.09 bits per heavy atom. The van der Waals surface area contributed by atoms with Crippen molar-refractivity contribution in [2.75, 3.05) is 0 Å². The summed E-state index contributed by atoms with van der Waals surface area (Å²) in [6.07, 6.45) is 4.32. The van der Waals surface area contributed by atoms with E-state index < -0.39 is 0 Å². The van der Waals surface area contributed by atoms with Crippen molar-refractivity contribution < 1.29 is 4.42 Å². The van der Waals surface area contributed by atoms with E-state index in [9.17, 15) is 0 Å². The zero-order chi connectivity index (χ0) is 8.10. The largest absolute Gasteiger partial charge is 0.447 e. The van der Waals surface area contributed by atoms with E-state index in [-0.39, 0.29) is 0 Å². The van der Waals surface area contributed by atoms with Crippen LogP contribution in [-0.4, -0.2) is 11.0 Å². The molecule has 0 saturated carbocycles. The highest BCUT2D eigenvalue weighted by atomic mass is 16.3. The van der Waals surface area contributed by atoms with Crippen molar-refractivity contribution >= 4 is 0 Å². The minimum absolute atomic E-state index is 0.542. The summed E-state index contributed by atoms with van der Waals surface area (Å²) in [5.41, 5.74) is 0. The molecule has 0 amide bonds. The Balaban J connectivity index is 2.23. The molecule has 1 heterocycles. The Bertz CT molecular complexity index is 184. The predicted molar refractivity (Wildman–Crippen MR) is 43.1 cm³/mol. The maximum Gasteiger partial charge on any atom is 0.180 e. The predicted octanol–water partition coefficient (Wildman–Crippen LogP) is 1.56. The first-order chi connectivity index (χ1) is 5.33. The second-order valence-corrected chi connectivity index (χ2v) is 2.66. The third kappa shape index (κ3) is 2.72. The highest BCUT2D eigenvalue weighted by Crippen LogP contribution is 1.97. The molecule has 1 unspecified atom stereocenters. The van der Waals surface area contributed by atoms with Crippen molar-refractivity contribution in [2.45, 2.75) is 32.9 Å². The lowest BCUT2D eigenvalue weighted by Gasteiger charge is -2.08. The van der Waals surface area contributed by atoms with E-state index in [0.29, 0.717) is 6.04 Å². The minimum Gasteiger partial charge on any atom is -0.447 e. The van der Waals surface area contributed by atoms with Gasteiger partial charge in [0.1, 0.15) is 5.76 Å². The van der Waals surface area contributed by atoms with Gasteiger partial charge < -0.3 is 9.73 Å². The van der Waals surface area contributed by atoms with Crippen molar-refractivity contribution in [2.24, 2.45) is 0 Å². The van der Waals surface area contributed by atoms with Gasteiger partial charge in [-0.15, -0.1) is 0 Å². The van der Waals surface area contributed by atoms with Crippen molar-refractivity contribution in [3.63, 3.8) is 0 Å². The first kappa shape index (κ1) is 8.27. The number of hydrogen-bond acceptors (Lipinski definition) is 3. The van der Waals surface area contributed by atoms with Gasteiger partial charge in [0.05, 0.1) is 12.7 Å². The topological polar surface area (TPSA) is 38.1 Å². The van der Waals surface area contributed by atoms with Crippen LogP contribution in [0.1, 0.15) is 26.0 Å². The average molecular weight is 154 g/mol. The molecule has 0 saturated heterocycles. The van der Waals surface area contributed by atoms with Gasteiger partial charge in [-0.3, -0.25) is 0 Å². The highest BCUT2D eigenvalue weighted by Gasteiger charge is 1.99. The number of aromatic nitrogens is 1. The first-order valence-corrected chi connectivity index (χ1v) is 3.93. The molecule has 0 aromatic carbocycles. The summed E-state index contributed by atoms with van der Waals surface area (Å²) in [5.74, 6) is 0.894. The molecule has 0 spiro atoms. The summed E-state index contributed by atoms with van der Waals surface area (Å²) in [6, 6.07) is 0.542. The molecule has 3 heteroatoms. The van der Waals surface area contributed by atoms with E-state index in [0.717, 1.165) is 18.7 Å².